The fourth-order valence-corrected chi connectivity index (χ4v) is 8.30. The Morgan fingerprint density at radius 2 is 1.77 bits per heavy atom. The number of rotatable bonds is 14. The van der Waals surface area contributed by atoms with Crippen LogP contribution in [0.15, 0.2) is 0 Å². The van der Waals surface area contributed by atoms with Gasteiger partial charge in [0.15, 0.2) is 0 Å². The van der Waals surface area contributed by atoms with Crippen LogP contribution in [0.25, 0.3) is 0 Å². The van der Waals surface area contributed by atoms with Crippen LogP contribution in [-0.2, 0) is 9.53 Å². The summed E-state index contributed by atoms with van der Waals surface area (Å²) in [7, 11) is 0. The fraction of sp³-hybridized carbons (Fsp3) is 0.969. The lowest BCUT2D eigenvalue weighted by Gasteiger charge is -2.49. The molecule has 8 atom stereocenters. The Bertz CT molecular complexity index is 633. The van der Waals surface area contributed by atoms with Crippen LogP contribution in [0.4, 0.5) is 0 Å². The number of carbonyl (C=O) groups excluding carboxylic acids is 1. The zero-order valence-corrected chi connectivity index (χ0v) is 25.8. The average molecular weight is 509 g/mol. The number of hydrogen-bond acceptors (Lipinski definition) is 3. The van der Waals surface area contributed by atoms with Crippen LogP contribution < -0.4 is 0 Å². The molecule has 206 valence electrons. The second kappa shape index (κ2) is 14.1. The third-order valence-electron chi connectivity index (χ3n) is 10.9. The molecular weight excluding hydrogens is 448 g/mol. The average Bonchev–Trinajstić information content (AvgIpc) is 3.09. The molecule has 0 N–H and O–H groups in total. The lowest BCUT2D eigenvalue weighted by atomic mass is 9.57. The van der Waals surface area contributed by atoms with Gasteiger partial charge in [0.05, 0.1) is 5.75 Å². The topological polar surface area (TPSA) is 26.3 Å². The Kier molecular flexibility index (Phi) is 12.5. The molecule has 2 fully saturated rings. The van der Waals surface area contributed by atoms with Crippen LogP contribution in [0.1, 0.15) is 132 Å². The third kappa shape index (κ3) is 8.15. The summed E-state index contributed by atoms with van der Waals surface area (Å²) in [4.78, 5) is 12.1. The van der Waals surface area contributed by atoms with Crippen molar-refractivity contribution in [3.05, 3.63) is 0 Å². The molecule has 0 heterocycles. The van der Waals surface area contributed by atoms with E-state index in [-0.39, 0.29) is 12.1 Å². The van der Waals surface area contributed by atoms with Crippen molar-refractivity contribution < 1.29 is 9.53 Å². The van der Waals surface area contributed by atoms with Gasteiger partial charge in [0, 0.05) is 0 Å². The van der Waals surface area contributed by atoms with Crippen molar-refractivity contribution in [1.82, 2.24) is 0 Å². The van der Waals surface area contributed by atoms with Crippen molar-refractivity contribution in [2.75, 3.05) is 12.0 Å². The fourth-order valence-electron chi connectivity index (χ4n) is 8.00. The molecule has 2 rings (SSSR count). The number of carbonyl (C=O) groups is 1. The maximum atomic E-state index is 12.1. The van der Waals surface area contributed by atoms with Gasteiger partial charge in [-0.2, -0.15) is 11.8 Å². The quantitative estimate of drug-likeness (QED) is 0.218. The third-order valence-corrected chi connectivity index (χ3v) is 11.5. The molecule has 2 saturated carbocycles. The van der Waals surface area contributed by atoms with E-state index < -0.39 is 0 Å². The Hall–Kier alpha value is -0.180. The molecule has 0 aromatic rings. The normalized spacial score (nSPS) is 35.3. The molecule has 0 aromatic heterocycles. The molecule has 2 nitrogen and oxygen atoms in total. The summed E-state index contributed by atoms with van der Waals surface area (Å²) in [5.74, 6) is 5.28. The Labute approximate surface area is 223 Å². The first-order chi connectivity index (χ1) is 16.5. The molecule has 0 bridgehead atoms. The highest BCUT2D eigenvalue weighted by Gasteiger charge is 2.48. The van der Waals surface area contributed by atoms with Crippen molar-refractivity contribution in [3.8, 4) is 0 Å². The highest BCUT2D eigenvalue weighted by Crippen LogP contribution is 2.57. The summed E-state index contributed by atoms with van der Waals surface area (Å²) in [6, 6.07) is 0. The molecule has 0 amide bonds. The molecular formula is C32H60O2S. The van der Waals surface area contributed by atoms with Gasteiger partial charge in [-0.25, -0.2) is 0 Å². The highest BCUT2D eigenvalue weighted by atomic mass is 32.2. The second-order valence-electron chi connectivity index (χ2n) is 13.6. The highest BCUT2D eigenvalue weighted by molar-refractivity contribution is 7.99. The van der Waals surface area contributed by atoms with Crippen LogP contribution in [-0.4, -0.2) is 24.1 Å². The molecule has 0 spiro atoms. The Morgan fingerprint density at radius 3 is 2.40 bits per heavy atom. The van der Waals surface area contributed by atoms with Crippen LogP contribution in [0.5, 0.6) is 0 Å². The van der Waals surface area contributed by atoms with Gasteiger partial charge in [-0.3, -0.25) is 4.79 Å². The number of thioether (sulfide) groups is 1. The van der Waals surface area contributed by atoms with Gasteiger partial charge >= 0.3 is 5.97 Å². The first-order valence-corrected chi connectivity index (χ1v) is 16.6. The molecule has 0 aliphatic heterocycles. The van der Waals surface area contributed by atoms with Crippen molar-refractivity contribution in [3.63, 3.8) is 0 Å². The van der Waals surface area contributed by atoms with Crippen LogP contribution in [0.3, 0.4) is 0 Å². The first kappa shape index (κ1) is 31.0. The summed E-state index contributed by atoms with van der Waals surface area (Å²) in [6.07, 6.45) is 17.7. The summed E-state index contributed by atoms with van der Waals surface area (Å²) in [6.45, 7) is 19.9. The number of ether oxygens (including phenoxy) is 1. The molecule has 2 aliphatic carbocycles. The van der Waals surface area contributed by atoms with Gasteiger partial charge < -0.3 is 4.74 Å². The van der Waals surface area contributed by atoms with E-state index in [0.29, 0.717) is 22.5 Å². The summed E-state index contributed by atoms with van der Waals surface area (Å²) >= 11 is 1.57. The van der Waals surface area contributed by atoms with Crippen molar-refractivity contribution in [2.45, 2.75) is 139 Å². The van der Waals surface area contributed by atoms with E-state index in [1.807, 2.05) is 6.26 Å². The van der Waals surface area contributed by atoms with Crippen LogP contribution >= 0.6 is 11.8 Å². The smallest absolute Gasteiger partial charge is 0.316 e. The minimum absolute atomic E-state index is 0.0221. The summed E-state index contributed by atoms with van der Waals surface area (Å²) in [5, 5.41) is 0. The first-order valence-electron chi connectivity index (χ1n) is 15.2. The molecule has 0 aromatic carbocycles. The number of hydrogen-bond donors (Lipinski definition) is 0. The Morgan fingerprint density at radius 1 is 1.06 bits per heavy atom. The zero-order valence-electron chi connectivity index (χ0n) is 25.0. The Balaban J connectivity index is 2.02. The molecule has 4 unspecified atom stereocenters. The largest absolute Gasteiger partial charge is 0.462 e. The zero-order chi connectivity index (χ0) is 26.2. The minimum Gasteiger partial charge on any atom is -0.462 e. The minimum atomic E-state index is -0.0221. The van der Waals surface area contributed by atoms with Gasteiger partial charge in [-0.15, -0.1) is 0 Å². The van der Waals surface area contributed by atoms with E-state index in [4.69, 9.17) is 4.74 Å². The molecule has 0 radical (unpaired) electrons. The van der Waals surface area contributed by atoms with Crippen LogP contribution in [0, 0.1) is 46.3 Å². The predicted octanol–water partition coefficient (Wildman–Crippen LogP) is 9.80. The second-order valence-corrected chi connectivity index (χ2v) is 14.5. The molecule has 2 aliphatic rings. The monoisotopic (exact) mass is 508 g/mol. The van der Waals surface area contributed by atoms with Gasteiger partial charge in [0.1, 0.15) is 6.10 Å². The van der Waals surface area contributed by atoms with E-state index in [2.05, 4.69) is 55.4 Å². The SMILES string of the molecule is CCCC1C[C@@H](OC(=O)CSC)CC[C@]1(C)C(C)CC[C@@]1(C)C(C)CC[C@@H]1C(C)CCCC(C)C. The molecule has 35 heavy (non-hydrogen) atoms. The van der Waals surface area contributed by atoms with Crippen molar-refractivity contribution >= 4 is 17.7 Å². The number of esters is 1. The van der Waals surface area contributed by atoms with E-state index in [1.165, 1.54) is 64.2 Å². The predicted molar refractivity (Wildman–Crippen MR) is 155 cm³/mol. The lowest BCUT2D eigenvalue weighted by Crippen LogP contribution is -2.43. The van der Waals surface area contributed by atoms with Gasteiger partial charge in [0.25, 0.3) is 0 Å². The van der Waals surface area contributed by atoms with Gasteiger partial charge in [-0.05, 0) is 97.5 Å². The maximum Gasteiger partial charge on any atom is 0.316 e. The van der Waals surface area contributed by atoms with Gasteiger partial charge in [-0.1, -0.05) is 87.5 Å². The molecule has 3 heteroatoms. The summed E-state index contributed by atoms with van der Waals surface area (Å²) in [5.41, 5.74) is 0.863. The summed E-state index contributed by atoms with van der Waals surface area (Å²) < 4.78 is 5.88. The molecule has 0 saturated heterocycles. The maximum absolute atomic E-state index is 12.1. The van der Waals surface area contributed by atoms with Crippen molar-refractivity contribution in [2.24, 2.45) is 46.3 Å². The van der Waals surface area contributed by atoms with Gasteiger partial charge in [0.2, 0.25) is 0 Å². The van der Waals surface area contributed by atoms with E-state index in [1.54, 1.807) is 11.8 Å². The van der Waals surface area contributed by atoms with E-state index in [0.717, 1.165) is 42.4 Å². The van der Waals surface area contributed by atoms with Crippen LogP contribution in [0.2, 0.25) is 0 Å². The lowest BCUT2D eigenvalue weighted by molar-refractivity contribution is -0.151. The van der Waals surface area contributed by atoms with Crippen molar-refractivity contribution in [1.29, 1.82) is 0 Å². The van der Waals surface area contributed by atoms with E-state index >= 15 is 0 Å². The standard InChI is InChI=1S/C32H60O2S/c1-10-12-27-21-28(34-30(33)22-35-9)18-20-31(27,7)26(6)17-19-32(8)25(5)15-16-29(32)24(4)14-11-13-23(2)3/h23-29H,10-22H2,1-9H3/t24?,25?,26?,27?,28-,29+,31+,32-/m0/s1. The van der Waals surface area contributed by atoms with E-state index in [9.17, 15) is 4.79 Å².